The van der Waals surface area contributed by atoms with Gasteiger partial charge in [0.15, 0.2) is 0 Å². The van der Waals surface area contributed by atoms with Gasteiger partial charge in [-0.05, 0) is 43.4 Å². The average Bonchev–Trinajstić information content (AvgIpc) is 2.22. The Morgan fingerprint density at radius 2 is 2.06 bits per heavy atom. The van der Waals surface area contributed by atoms with Crippen molar-refractivity contribution in [3.05, 3.63) is 45.5 Å². The highest BCUT2D eigenvalue weighted by atomic mass is 35.5. The molecule has 1 aromatic rings. The summed E-state index contributed by atoms with van der Waals surface area (Å²) < 4.78 is 0. The Labute approximate surface area is 111 Å². The summed E-state index contributed by atoms with van der Waals surface area (Å²) in [5, 5.41) is 1.61. The lowest BCUT2D eigenvalue weighted by Crippen LogP contribution is -2.05. The molecule has 86 valence electrons. The highest BCUT2D eigenvalue weighted by Crippen LogP contribution is 2.28. The third-order valence-electron chi connectivity index (χ3n) is 2.83. The summed E-state index contributed by atoms with van der Waals surface area (Å²) in [6.45, 7) is 0. The molecule has 2 rings (SSSR count). The summed E-state index contributed by atoms with van der Waals surface area (Å²) in [7, 11) is 0. The standard InChI is InChI=1S/C13H13Cl3/c14-11-3-1-2-9(7-11)6-10-4-5-12(15)8-13(10)16/h4-5,7-8,11H,1-3,6H2. The second-order valence-corrected chi connectivity index (χ2v) is 5.55. The lowest BCUT2D eigenvalue weighted by molar-refractivity contribution is 0.693. The van der Waals surface area contributed by atoms with Crippen molar-refractivity contribution in [3.8, 4) is 0 Å². The van der Waals surface area contributed by atoms with E-state index in [2.05, 4.69) is 6.08 Å². The molecule has 3 heteroatoms. The first-order valence-corrected chi connectivity index (χ1v) is 6.62. The van der Waals surface area contributed by atoms with E-state index in [0.29, 0.717) is 5.02 Å². The molecule has 0 N–H and O–H groups in total. The van der Waals surface area contributed by atoms with Crippen LogP contribution in [0.5, 0.6) is 0 Å². The largest absolute Gasteiger partial charge is 0.118 e. The number of alkyl halides is 1. The average molecular weight is 276 g/mol. The molecule has 0 heterocycles. The van der Waals surface area contributed by atoms with E-state index in [4.69, 9.17) is 34.8 Å². The van der Waals surface area contributed by atoms with E-state index >= 15 is 0 Å². The van der Waals surface area contributed by atoms with Crippen LogP contribution in [0.4, 0.5) is 0 Å². The summed E-state index contributed by atoms with van der Waals surface area (Å²) in [4.78, 5) is 0. The maximum absolute atomic E-state index is 6.14. The maximum Gasteiger partial charge on any atom is 0.0518 e. The van der Waals surface area contributed by atoms with Crippen molar-refractivity contribution >= 4 is 34.8 Å². The first-order chi connectivity index (χ1) is 7.65. The lowest BCUT2D eigenvalue weighted by Gasteiger charge is -2.17. The number of halogens is 3. The highest BCUT2D eigenvalue weighted by Gasteiger charge is 2.12. The van der Waals surface area contributed by atoms with Crippen molar-refractivity contribution in [2.75, 3.05) is 0 Å². The van der Waals surface area contributed by atoms with Crippen molar-refractivity contribution in [3.63, 3.8) is 0 Å². The number of rotatable bonds is 2. The summed E-state index contributed by atoms with van der Waals surface area (Å²) in [6.07, 6.45) is 6.43. The van der Waals surface area contributed by atoms with Crippen LogP contribution < -0.4 is 0 Å². The van der Waals surface area contributed by atoms with Gasteiger partial charge in [0.05, 0.1) is 5.38 Å². The molecule has 1 aromatic carbocycles. The summed E-state index contributed by atoms with van der Waals surface area (Å²) in [5.74, 6) is 0. The van der Waals surface area contributed by atoms with Crippen LogP contribution in [0, 0.1) is 0 Å². The number of hydrogen-bond acceptors (Lipinski definition) is 0. The van der Waals surface area contributed by atoms with Crippen LogP contribution in [0.15, 0.2) is 29.8 Å². The van der Waals surface area contributed by atoms with E-state index in [1.165, 1.54) is 12.0 Å². The van der Waals surface area contributed by atoms with E-state index in [-0.39, 0.29) is 5.38 Å². The van der Waals surface area contributed by atoms with Crippen molar-refractivity contribution in [2.45, 2.75) is 31.1 Å². The fourth-order valence-corrected chi connectivity index (χ4v) is 2.81. The molecule has 1 atom stereocenters. The molecular weight excluding hydrogens is 263 g/mol. The Hall–Kier alpha value is -0.170. The van der Waals surface area contributed by atoms with Crippen LogP contribution in [-0.2, 0) is 6.42 Å². The van der Waals surface area contributed by atoms with Crippen LogP contribution in [0.3, 0.4) is 0 Å². The lowest BCUT2D eigenvalue weighted by atomic mass is 9.94. The molecule has 0 radical (unpaired) electrons. The molecule has 1 aliphatic rings. The smallest absolute Gasteiger partial charge is 0.0518 e. The molecule has 0 aliphatic heterocycles. The van der Waals surface area contributed by atoms with Gasteiger partial charge >= 0.3 is 0 Å². The van der Waals surface area contributed by atoms with Crippen LogP contribution in [0.1, 0.15) is 24.8 Å². The van der Waals surface area contributed by atoms with Gasteiger partial charge in [-0.25, -0.2) is 0 Å². The molecule has 0 spiro atoms. The molecule has 1 unspecified atom stereocenters. The van der Waals surface area contributed by atoms with Crippen molar-refractivity contribution in [1.29, 1.82) is 0 Å². The van der Waals surface area contributed by atoms with E-state index in [1.807, 2.05) is 12.1 Å². The van der Waals surface area contributed by atoms with Crippen LogP contribution in [-0.4, -0.2) is 5.38 Å². The summed E-state index contributed by atoms with van der Waals surface area (Å²) in [5.41, 5.74) is 2.51. The quantitative estimate of drug-likeness (QED) is 0.510. The zero-order chi connectivity index (χ0) is 11.5. The van der Waals surface area contributed by atoms with Gasteiger partial charge in [-0.2, -0.15) is 0 Å². The highest BCUT2D eigenvalue weighted by molar-refractivity contribution is 6.35. The van der Waals surface area contributed by atoms with Crippen molar-refractivity contribution in [2.24, 2.45) is 0 Å². The van der Waals surface area contributed by atoms with Crippen LogP contribution >= 0.6 is 34.8 Å². The van der Waals surface area contributed by atoms with Gasteiger partial charge < -0.3 is 0 Å². The molecule has 0 amide bonds. The minimum Gasteiger partial charge on any atom is -0.118 e. The van der Waals surface area contributed by atoms with Gasteiger partial charge in [-0.3, -0.25) is 0 Å². The van der Waals surface area contributed by atoms with Gasteiger partial charge in [-0.15, -0.1) is 11.6 Å². The molecule has 0 aromatic heterocycles. The second-order valence-electron chi connectivity index (χ2n) is 4.15. The Morgan fingerprint density at radius 3 is 2.75 bits per heavy atom. The van der Waals surface area contributed by atoms with E-state index in [1.54, 1.807) is 6.07 Å². The Morgan fingerprint density at radius 1 is 1.25 bits per heavy atom. The van der Waals surface area contributed by atoms with Gasteiger partial charge in [0.2, 0.25) is 0 Å². The fraction of sp³-hybridized carbons (Fsp3) is 0.385. The van der Waals surface area contributed by atoms with Gasteiger partial charge in [0.25, 0.3) is 0 Å². The Kier molecular flexibility index (Phi) is 4.18. The van der Waals surface area contributed by atoms with Crippen LogP contribution in [0.25, 0.3) is 0 Å². The monoisotopic (exact) mass is 274 g/mol. The zero-order valence-corrected chi connectivity index (χ0v) is 11.1. The minimum absolute atomic E-state index is 0.190. The van der Waals surface area contributed by atoms with Crippen molar-refractivity contribution < 1.29 is 0 Å². The fourth-order valence-electron chi connectivity index (χ4n) is 2.00. The van der Waals surface area contributed by atoms with E-state index < -0.39 is 0 Å². The molecule has 0 saturated heterocycles. The summed E-state index contributed by atoms with van der Waals surface area (Å²) in [6, 6.07) is 5.66. The van der Waals surface area contributed by atoms with E-state index in [9.17, 15) is 0 Å². The predicted octanol–water partition coefficient (Wildman–Crippen LogP) is 5.25. The molecule has 0 fully saturated rings. The number of allylic oxidation sites excluding steroid dienone is 2. The third-order valence-corrected chi connectivity index (χ3v) is 3.76. The zero-order valence-electron chi connectivity index (χ0n) is 8.85. The topological polar surface area (TPSA) is 0 Å². The molecule has 1 aliphatic carbocycles. The van der Waals surface area contributed by atoms with E-state index in [0.717, 1.165) is 29.8 Å². The molecule has 0 nitrogen and oxygen atoms in total. The normalized spacial score (nSPS) is 20.7. The Balaban J connectivity index is 2.14. The third kappa shape index (κ3) is 3.16. The van der Waals surface area contributed by atoms with Gasteiger partial charge in [0.1, 0.15) is 0 Å². The molecule has 0 saturated carbocycles. The summed E-state index contributed by atoms with van der Waals surface area (Å²) >= 11 is 18.1. The SMILES string of the molecule is Clc1ccc(CC2=CC(Cl)CCC2)c(Cl)c1. The van der Waals surface area contributed by atoms with Gasteiger partial charge in [0, 0.05) is 10.0 Å². The maximum atomic E-state index is 6.14. The number of benzene rings is 1. The molecular formula is C13H13Cl3. The Bertz CT molecular complexity index is 410. The molecule has 0 bridgehead atoms. The van der Waals surface area contributed by atoms with Crippen molar-refractivity contribution in [1.82, 2.24) is 0 Å². The van der Waals surface area contributed by atoms with Gasteiger partial charge in [-0.1, -0.05) is 40.9 Å². The first kappa shape index (κ1) is 12.3. The number of hydrogen-bond donors (Lipinski definition) is 0. The minimum atomic E-state index is 0.190. The molecule has 16 heavy (non-hydrogen) atoms. The first-order valence-electron chi connectivity index (χ1n) is 5.43. The predicted molar refractivity (Wildman–Crippen MR) is 71.7 cm³/mol. The van der Waals surface area contributed by atoms with Crippen LogP contribution in [0.2, 0.25) is 10.0 Å². The second kappa shape index (κ2) is 5.44.